The molecule has 1 aromatic heterocycles. The Morgan fingerprint density at radius 3 is 2.40 bits per heavy atom. The van der Waals surface area contributed by atoms with Crippen LogP contribution in [0.4, 0.5) is 11.4 Å². The Balaban J connectivity index is 1.78. The number of rotatable bonds is 6. The van der Waals surface area contributed by atoms with Gasteiger partial charge < -0.3 is 11.1 Å². The van der Waals surface area contributed by atoms with Crippen LogP contribution in [-0.4, -0.2) is 30.4 Å². The highest BCUT2D eigenvalue weighted by Gasteiger charge is 2.20. The van der Waals surface area contributed by atoms with Crippen LogP contribution in [0.2, 0.25) is 10.0 Å². The van der Waals surface area contributed by atoms with Crippen molar-refractivity contribution >= 4 is 56.4 Å². The van der Waals surface area contributed by atoms with Crippen molar-refractivity contribution in [2.75, 3.05) is 10.0 Å². The van der Waals surface area contributed by atoms with Crippen LogP contribution in [0, 0.1) is 6.92 Å². The molecule has 1 heterocycles. The van der Waals surface area contributed by atoms with E-state index >= 15 is 0 Å². The summed E-state index contributed by atoms with van der Waals surface area (Å²) in [7, 11) is -3.99. The first kappa shape index (κ1) is 21.6. The lowest BCUT2D eigenvalue weighted by Crippen LogP contribution is -2.18. The molecule has 2 amide bonds. The molecule has 0 fully saturated rings. The SMILES string of the molecule is Cc1[nH]nc(C(N)=O)c1NC(=O)c1ccc(NS(=O)(=O)c2cc(Cl)ccc2Cl)cc1. The van der Waals surface area contributed by atoms with Crippen molar-refractivity contribution in [3.05, 3.63) is 69.5 Å². The van der Waals surface area contributed by atoms with Gasteiger partial charge in [-0.3, -0.25) is 19.4 Å². The molecule has 0 saturated carbocycles. The normalized spacial score (nSPS) is 11.2. The smallest absolute Gasteiger partial charge is 0.271 e. The summed E-state index contributed by atoms with van der Waals surface area (Å²) in [6.45, 7) is 1.62. The topological polar surface area (TPSA) is 147 Å². The van der Waals surface area contributed by atoms with Gasteiger partial charge in [-0.25, -0.2) is 8.42 Å². The number of hydrogen-bond acceptors (Lipinski definition) is 5. The van der Waals surface area contributed by atoms with Crippen molar-refractivity contribution in [2.45, 2.75) is 11.8 Å². The fourth-order valence-electron chi connectivity index (χ4n) is 2.53. The van der Waals surface area contributed by atoms with E-state index < -0.39 is 21.8 Å². The first-order chi connectivity index (χ1) is 14.1. The lowest BCUT2D eigenvalue weighted by molar-refractivity contribution is 0.0996. The van der Waals surface area contributed by atoms with Gasteiger partial charge >= 0.3 is 0 Å². The molecule has 0 spiro atoms. The van der Waals surface area contributed by atoms with Crippen molar-refractivity contribution in [1.82, 2.24) is 10.2 Å². The summed E-state index contributed by atoms with van der Waals surface area (Å²) >= 11 is 11.8. The molecule has 5 N–H and O–H groups in total. The minimum atomic E-state index is -3.99. The summed E-state index contributed by atoms with van der Waals surface area (Å²) in [5.74, 6) is -1.33. The summed E-state index contributed by atoms with van der Waals surface area (Å²) < 4.78 is 27.5. The number of amides is 2. The number of halogens is 2. The standard InChI is InChI=1S/C18H15Cl2N5O4S/c1-9-15(16(17(21)26)24-23-9)22-18(27)10-2-5-12(6-3-10)25-30(28,29)14-8-11(19)4-7-13(14)20/h2-8,25H,1H3,(H2,21,26)(H,22,27)(H,23,24). The Bertz CT molecular complexity index is 1240. The van der Waals surface area contributed by atoms with Gasteiger partial charge in [0.25, 0.3) is 21.8 Å². The molecule has 3 aromatic rings. The fraction of sp³-hybridized carbons (Fsp3) is 0.0556. The van der Waals surface area contributed by atoms with Gasteiger partial charge in [0.2, 0.25) is 0 Å². The predicted octanol–water partition coefficient (Wildman–Crippen LogP) is 3.18. The number of primary amides is 1. The minimum Gasteiger partial charge on any atom is -0.364 e. The van der Waals surface area contributed by atoms with E-state index in [1.807, 2.05) is 0 Å². The quantitative estimate of drug-likeness (QED) is 0.439. The molecule has 2 aromatic carbocycles. The number of nitrogens with two attached hydrogens (primary N) is 1. The number of benzene rings is 2. The monoisotopic (exact) mass is 467 g/mol. The third-order valence-electron chi connectivity index (χ3n) is 4.00. The van der Waals surface area contributed by atoms with Crippen LogP contribution >= 0.6 is 23.2 Å². The van der Waals surface area contributed by atoms with Gasteiger partial charge in [-0.1, -0.05) is 23.2 Å². The molecule has 30 heavy (non-hydrogen) atoms. The Morgan fingerprint density at radius 2 is 1.77 bits per heavy atom. The zero-order valence-electron chi connectivity index (χ0n) is 15.4. The van der Waals surface area contributed by atoms with Gasteiger partial charge in [0.1, 0.15) is 4.90 Å². The third-order valence-corrected chi connectivity index (χ3v) is 6.10. The average Bonchev–Trinajstić information content (AvgIpc) is 3.04. The molecule has 12 heteroatoms. The molecule has 9 nitrogen and oxygen atoms in total. The van der Waals surface area contributed by atoms with Crippen LogP contribution in [0.1, 0.15) is 26.5 Å². The maximum absolute atomic E-state index is 12.6. The molecule has 0 aliphatic heterocycles. The highest BCUT2D eigenvalue weighted by Crippen LogP contribution is 2.27. The number of aromatic amines is 1. The van der Waals surface area contributed by atoms with Crippen molar-refractivity contribution in [3.63, 3.8) is 0 Å². The molecule has 0 atom stereocenters. The summed E-state index contributed by atoms with van der Waals surface area (Å²) in [6.07, 6.45) is 0. The van der Waals surface area contributed by atoms with Gasteiger partial charge in [0, 0.05) is 16.3 Å². The molecule has 0 unspecified atom stereocenters. The molecular formula is C18H15Cl2N5O4S. The molecule has 156 valence electrons. The number of aromatic nitrogens is 2. The van der Waals surface area contributed by atoms with E-state index in [1.54, 1.807) is 6.92 Å². The number of nitrogens with one attached hydrogen (secondary N) is 3. The average molecular weight is 468 g/mol. The summed E-state index contributed by atoms with van der Waals surface area (Å²) in [5.41, 5.74) is 6.20. The maximum atomic E-state index is 12.6. The number of aryl methyl sites for hydroxylation is 1. The molecule has 3 rings (SSSR count). The van der Waals surface area contributed by atoms with Crippen LogP contribution < -0.4 is 15.8 Å². The van der Waals surface area contributed by atoms with Crippen LogP contribution in [0.25, 0.3) is 0 Å². The number of carbonyl (C=O) groups excluding carboxylic acids is 2. The van der Waals surface area contributed by atoms with Crippen LogP contribution in [0.15, 0.2) is 47.4 Å². The predicted molar refractivity (Wildman–Crippen MR) is 114 cm³/mol. The molecule has 0 bridgehead atoms. The van der Waals surface area contributed by atoms with Crippen molar-refractivity contribution in [1.29, 1.82) is 0 Å². The van der Waals surface area contributed by atoms with Gasteiger partial charge in [0.05, 0.1) is 16.4 Å². The van der Waals surface area contributed by atoms with E-state index in [-0.39, 0.29) is 37.6 Å². The zero-order valence-corrected chi connectivity index (χ0v) is 17.7. The third kappa shape index (κ3) is 4.56. The molecule has 0 aliphatic carbocycles. The summed E-state index contributed by atoms with van der Waals surface area (Å²) in [5, 5.41) is 9.11. The number of hydrogen-bond donors (Lipinski definition) is 4. The molecular weight excluding hydrogens is 453 g/mol. The fourth-order valence-corrected chi connectivity index (χ4v) is 4.35. The van der Waals surface area contributed by atoms with Gasteiger partial charge in [-0.2, -0.15) is 5.10 Å². The number of H-pyrrole nitrogens is 1. The number of sulfonamides is 1. The van der Waals surface area contributed by atoms with E-state index in [9.17, 15) is 18.0 Å². The second kappa shape index (κ2) is 8.34. The van der Waals surface area contributed by atoms with Crippen molar-refractivity contribution in [2.24, 2.45) is 5.73 Å². The second-order valence-corrected chi connectivity index (χ2v) is 8.64. The van der Waals surface area contributed by atoms with Crippen LogP contribution in [0.5, 0.6) is 0 Å². The Labute approximate surface area is 181 Å². The number of nitrogens with zero attached hydrogens (tertiary/aromatic N) is 1. The Morgan fingerprint density at radius 1 is 1.10 bits per heavy atom. The van der Waals surface area contributed by atoms with Crippen molar-refractivity contribution < 1.29 is 18.0 Å². The maximum Gasteiger partial charge on any atom is 0.271 e. The first-order valence-corrected chi connectivity index (χ1v) is 10.6. The molecule has 0 saturated heterocycles. The Kier molecular flexibility index (Phi) is 6.01. The van der Waals surface area contributed by atoms with Gasteiger partial charge in [-0.05, 0) is 49.4 Å². The van der Waals surface area contributed by atoms with Crippen LogP contribution in [0.3, 0.4) is 0 Å². The summed E-state index contributed by atoms with van der Waals surface area (Å²) in [4.78, 5) is 23.7. The summed E-state index contributed by atoms with van der Waals surface area (Å²) in [6, 6.07) is 9.71. The van der Waals surface area contributed by atoms with Crippen molar-refractivity contribution in [3.8, 4) is 0 Å². The van der Waals surface area contributed by atoms with Gasteiger partial charge in [0.15, 0.2) is 5.69 Å². The van der Waals surface area contributed by atoms with E-state index in [0.717, 1.165) is 0 Å². The number of anilines is 2. The lowest BCUT2D eigenvalue weighted by Gasteiger charge is -2.11. The first-order valence-electron chi connectivity index (χ1n) is 8.32. The highest BCUT2D eigenvalue weighted by atomic mass is 35.5. The highest BCUT2D eigenvalue weighted by molar-refractivity contribution is 7.92. The minimum absolute atomic E-state index is 0.0173. The Hall–Kier alpha value is -3.08. The molecule has 0 aliphatic rings. The van der Waals surface area contributed by atoms with E-state index in [0.29, 0.717) is 5.69 Å². The second-order valence-electron chi connectivity index (χ2n) is 6.15. The largest absolute Gasteiger partial charge is 0.364 e. The van der Waals surface area contributed by atoms with E-state index in [1.165, 1.54) is 42.5 Å². The van der Waals surface area contributed by atoms with Crippen LogP contribution in [-0.2, 0) is 10.0 Å². The van der Waals surface area contributed by atoms with Gasteiger partial charge in [-0.15, -0.1) is 0 Å². The molecule has 0 radical (unpaired) electrons. The van der Waals surface area contributed by atoms with E-state index in [4.69, 9.17) is 28.9 Å². The zero-order chi connectivity index (χ0) is 22.1. The lowest BCUT2D eigenvalue weighted by atomic mass is 10.2. The van der Waals surface area contributed by atoms with E-state index in [2.05, 4.69) is 20.2 Å². The number of carbonyl (C=O) groups is 2.